The van der Waals surface area contributed by atoms with E-state index in [1.807, 2.05) is 22.9 Å². The van der Waals surface area contributed by atoms with Crippen molar-refractivity contribution in [1.82, 2.24) is 4.72 Å². The molecule has 0 spiro atoms. The van der Waals surface area contributed by atoms with Crippen molar-refractivity contribution >= 4 is 44.4 Å². The molecule has 2 N–H and O–H groups in total. The third-order valence-corrected chi connectivity index (χ3v) is 6.53. The van der Waals surface area contributed by atoms with Crippen molar-refractivity contribution < 1.29 is 27.4 Å². The van der Waals surface area contributed by atoms with Crippen LogP contribution in [0.2, 0.25) is 0 Å². The first-order valence-electron chi connectivity index (χ1n) is 9.43. The molecular formula is C22H20N3O5S2+. The minimum atomic E-state index is -3.96. The van der Waals surface area contributed by atoms with Gasteiger partial charge in [0.25, 0.3) is 21.0 Å². The fourth-order valence-electron chi connectivity index (χ4n) is 2.75. The standard InChI is InChI=1S/C22H19N3O5S2/c1-16(26)24-32(29,30)18-11-9-17(10-12-18)23-22(28)19-7-3-4-8-20(19)31-21(27)15-25-13-5-2-6-14-25/h2-14H,15H2,1H3,(H-,23,24,26,28)/p+1. The van der Waals surface area contributed by atoms with Crippen LogP contribution in [0.3, 0.4) is 0 Å². The second-order valence-corrected chi connectivity index (χ2v) is 9.44. The van der Waals surface area contributed by atoms with Crippen LogP contribution in [0.5, 0.6) is 0 Å². The molecular weight excluding hydrogens is 450 g/mol. The van der Waals surface area contributed by atoms with Gasteiger partial charge in [0, 0.05) is 29.6 Å². The van der Waals surface area contributed by atoms with Gasteiger partial charge in [-0.3, -0.25) is 14.4 Å². The number of carbonyl (C=O) groups is 3. The third kappa shape index (κ3) is 6.25. The normalized spacial score (nSPS) is 10.9. The Bertz CT molecular complexity index is 1240. The fourth-order valence-corrected chi connectivity index (χ4v) is 4.62. The number of nitrogens with one attached hydrogen (secondary N) is 2. The van der Waals surface area contributed by atoms with Crippen LogP contribution in [0.15, 0.2) is 88.9 Å². The summed E-state index contributed by atoms with van der Waals surface area (Å²) >= 11 is 0.975. The van der Waals surface area contributed by atoms with Gasteiger partial charge in [-0.2, -0.15) is 4.57 Å². The Balaban J connectivity index is 1.71. The molecule has 32 heavy (non-hydrogen) atoms. The van der Waals surface area contributed by atoms with Gasteiger partial charge in [-0.05, 0) is 48.2 Å². The quantitative estimate of drug-likeness (QED) is 0.405. The largest absolute Gasteiger partial charge is 0.322 e. The van der Waals surface area contributed by atoms with Crippen molar-refractivity contribution in [1.29, 1.82) is 0 Å². The smallest absolute Gasteiger partial charge is 0.264 e. The first kappa shape index (κ1) is 23.2. The van der Waals surface area contributed by atoms with E-state index in [1.165, 1.54) is 24.3 Å². The van der Waals surface area contributed by atoms with Gasteiger partial charge in [0.15, 0.2) is 12.4 Å². The van der Waals surface area contributed by atoms with Gasteiger partial charge in [0.05, 0.1) is 10.5 Å². The minimum absolute atomic E-state index is 0.106. The number of sulfonamides is 1. The van der Waals surface area contributed by atoms with Crippen LogP contribution in [0.25, 0.3) is 0 Å². The maximum Gasteiger partial charge on any atom is 0.264 e. The predicted molar refractivity (Wildman–Crippen MR) is 119 cm³/mol. The van der Waals surface area contributed by atoms with Crippen molar-refractivity contribution in [2.24, 2.45) is 0 Å². The van der Waals surface area contributed by atoms with Crippen LogP contribution in [0.1, 0.15) is 17.3 Å². The zero-order valence-electron chi connectivity index (χ0n) is 17.0. The molecule has 0 bridgehead atoms. The molecule has 0 atom stereocenters. The first-order valence-corrected chi connectivity index (χ1v) is 11.7. The van der Waals surface area contributed by atoms with Crippen molar-refractivity contribution in [2.45, 2.75) is 23.3 Å². The van der Waals surface area contributed by atoms with Crippen LogP contribution in [-0.2, 0) is 26.2 Å². The Morgan fingerprint density at radius 3 is 2.22 bits per heavy atom. The molecule has 0 aliphatic carbocycles. The zero-order valence-corrected chi connectivity index (χ0v) is 18.7. The molecule has 164 valence electrons. The number of carbonyl (C=O) groups excluding carboxylic acids is 3. The van der Waals surface area contributed by atoms with Crippen LogP contribution in [0.4, 0.5) is 5.69 Å². The molecule has 0 aliphatic rings. The Morgan fingerprint density at radius 2 is 1.56 bits per heavy atom. The number of hydrogen-bond acceptors (Lipinski definition) is 6. The molecule has 10 heteroatoms. The van der Waals surface area contributed by atoms with Gasteiger partial charge in [0.2, 0.25) is 12.5 Å². The number of benzene rings is 2. The summed E-state index contributed by atoms with van der Waals surface area (Å²) in [5.74, 6) is -1.14. The lowest BCUT2D eigenvalue weighted by Crippen LogP contribution is -2.35. The highest BCUT2D eigenvalue weighted by atomic mass is 32.2. The fraction of sp³-hybridized carbons (Fsp3) is 0.0909. The summed E-state index contributed by atoms with van der Waals surface area (Å²) in [6, 6.07) is 17.6. The molecule has 0 fully saturated rings. The van der Waals surface area contributed by atoms with Gasteiger partial charge < -0.3 is 5.32 Å². The molecule has 0 unspecified atom stereocenters. The zero-order chi connectivity index (χ0) is 23.1. The number of thioether (sulfide) groups is 1. The topological polar surface area (TPSA) is 113 Å². The average molecular weight is 471 g/mol. The second kappa shape index (κ2) is 10.2. The van der Waals surface area contributed by atoms with Crippen LogP contribution in [0, 0.1) is 0 Å². The lowest BCUT2D eigenvalue weighted by atomic mass is 10.2. The molecule has 3 aromatic rings. The second-order valence-electron chi connectivity index (χ2n) is 6.66. The van der Waals surface area contributed by atoms with Crippen LogP contribution < -0.4 is 14.6 Å². The summed E-state index contributed by atoms with van der Waals surface area (Å²) in [5, 5.41) is 2.56. The van der Waals surface area contributed by atoms with E-state index >= 15 is 0 Å². The number of anilines is 1. The summed E-state index contributed by atoms with van der Waals surface area (Å²) in [6.07, 6.45) is 3.57. The van der Waals surface area contributed by atoms with Crippen molar-refractivity contribution in [2.75, 3.05) is 5.32 Å². The number of aromatic nitrogens is 1. The number of rotatable bonds is 7. The van der Waals surface area contributed by atoms with Crippen molar-refractivity contribution in [3.63, 3.8) is 0 Å². The van der Waals surface area contributed by atoms with E-state index in [4.69, 9.17) is 0 Å². The van der Waals surface area contributed by atoms with Gasteiger partial charge in [0.1, 0.15) is 0 Å². The highest BCUT2D eigenvalue weighted by molar-refractivity contribution is 8.13. The van der Waals surface area contributed by atoms with E-state index in [-0.39, 0.29) is 16.6 Å². The van der Waals surface area contributed by atoms with E-state index < -0.39 is 21.8 Å². The molecule has 8 nitrogen and oxygen atoms in total. The molecule has 2 aromatic carbocycles. The molecule has 2 amide bonds. The SMILES string of the molecule is CC(=O)NS(=O)(=O)c1ccc(NC(=O)c2ccccc2SC(=O)C[n+]2ccccc2)cc1. The Hall–Kier alpha value is -3.50. The number of hydrogen-bond donors (Lipinski definition) is 2. The average Bonchev–Trinajstić information content (AvgIpc) is 2.74. The lowest BCUT2D eigenvalue weighted by Gasteiger charge is -2.10. The summed E-state index contributed by atoms with van der Waals surface area (Å²) in [6.45, 7) is 1.26. The van der Waals surface area contributed by atoms with Crippen LogP contribution >= 0.6 is 11.8 Å². The van der Waals surface area contributed by atoms with Gasteiger partial charge in [-0.25, -0.2) is 13.1 Å². The predicted octanol–water partition coefficient (Wildman–Crippen LogP) is 2.37. The van der Waals surface area contributed by atoms with Gasteiger partial charge >= 0.3 is 0 Å². The number of amides is 2. The van der Waals surface area contributed by atoms with Crippen LogP contribution in [-0.4, -0.2) is 25.3 Å². The molecule has 0 radical (unpaired) electrons. The van der Waals surface area contributed by atoms with E-state index in [9.17, 15) is 22.8 Å². The van der Waals surface area contributed by atoms with Gasteiger partial charge in [-0.15, -0.1) is 0 Å². The first-order chi connectivity index (χ1) is 15.2. The van der Waals surface area contributed by atoms with Crippen molar-refractivity contribution in [3.05, 3.63) is 84.7 Å². The highest BCUT2D eigenvalue weighted by Gasteiger charge is 2.18. The molecule has 1 aromatic heterocycles. The lowest BCUT2D eigenvalue weighted by molar-refractivity contribution is -0.683. The third-order valence-electron chi connectivity index (χ3n) is 4.15. The molecule has 3 rings (SSSR count). The Labute approximate surface area is 189 Å². The van der Waals surface area contributed by atoms with Crippen molar-refractivity contribution in [3.8, 4) is 0 Å². The molecule has 0 saturated carbocycles. The summed E-state index contributed by atoms with van der Waals surface area (Å²) in [5.41, 5.74) is 0.682. The maximum absolute atomic E-state index is 12.8. The van der Waals surface area contributed by atoms with E-state index in [2.05, 4.69) is 5.32 Å². The molecule has 0 saturated heterocycles. The van der Waals surface area contributed by atoms with E-state index in [1.54, 1.807) is 41.2 Å². The Morgan fingerprint density at radius 1 is 0.906 bits per heavy atom. The molecule has 0 aliphatic heterocycles. The highest BCUT2D eigenvalue weighted by Crippen LogP contribution is 2.25. The monoisotopic (exact) mass is 470 g/mol. The van der Waals surface area contributed by atoms with E-state index in [0.29, 0.717) is 16.1 Å². The van der Waals surface area contributed by atoms with Gasteiger partial charge in [-0.1, -0.05) is 18.2 Å². The number of nitrogens with zero attached hydrogens (tertiary/aromatic N) is 1. The Kier molecular flexibility index (Phi) is 7.39. The summed E-state index contributed by atoms with van der Waals surface area (Å²) < 4.78 is 27.7. The number of pyridine rings is 1. The summed E-state index contributed by atoms with van der Waals surface area (Å²) in [4.78, 5) is 36.7. The summed E-state index contributed by atoms with van der Waals surface area (Å²) in [7, 11) is -3.96. The minimum Gasteiger partial charge on any atom is -0.322 e. The maximum atomic E-state index is 12.8. The van der Waals surface area contributed by atoms with E-state index in [0.717, 1.165) is 18.7 Å². The molecule has 1 heterocycles.